The van der Waals surface area contributed by atoms with Gasteiger partial charge < -0.3 is 15.4 Å². The minimum Gasteiger partial charge on any atom is -0.483 e. The number of carbonyl (C=O) groups is 2. The molecule has 0 bridgehead atoms. The van der Waals surface area contributed by atoms with Gasteiger partial charge >= 0.3 is 0 Å². The standard InChI is InChI=1S/C28H26N2O3/c1-2-21-12-8-9-15-25(21)30-27(31)19-33-26-17-23-14-7-6-13-22(23)16-24(26)28(32)29-18-20-10-4-3-5-11-20/h3-17H,2,18-19H2,1H3,(H,29,32)(H,30,31). The van der Waals surface area contributed by atoms with Gasteiger partial charge in [-0.25, -0.2) is 0 Å². The molecule has 0 atom stereocenters. The van der Waals surface area contributed by atoms with Gasteiger partial charge in [0.25, 0.3) is 11.8 Å². The molecule has 0 fully saturated rings. The number of carbonyl (C=O) groups excluding carboxylic acids is 2. The number of hydrogen-bond acceptors (Lipinski definition) is 3. The normalized spacial score (nSPS) is 10.6. The molecular formula is C28H26N2O3. The van der Waals surface area contributed by atoms with Crippen LogP contribution in [0.25, 0.3) is 10.8 Å². The van der Waals surface area contributed by atoms with Crippen molar-refractivity contribution in [2.24, 2.45) is 0 Å². The molecule has 2 N–H and O–H groups in total. The minimum atomic E-state index is -0.278. The lowest BCUT2D eigenvalue weighted by Crippen LogP contribution is -2.25. The van der Waals surface area contributed by atoms with Crippen molar-refractivity contribution in [1.29, 1.82) is 0 Å². The summed E-state index contributed by atoms with van der Waals surface area (Å²) in [6.07, 6.45) is 0.813. The first-order valence-corrected chi connectivity index (χ1v) is 11.0. The van der Waals surface area contributed by atoms with E-state index in [-0.39, 0.29) is 18.4 Å². The van der Waals surface area contributed by atoms with E-state index < -0.39 is 0 Å². The number of hydrogen-bond donors (Lipinski definition) is 2. The van der Waals surface area contributed by atoms with Crippen LogP contribution in [0.2, 0.25) is 0 Å². The lowest BCUT2D eigenvalue weighted by molar-refractivity contribution is -0.118. The smallest absolute Gasteiger partial charge is 0.262 e. The molecule has 166 valence electrons. The number of aryl methyl sites for hydroxylation is 1. The maximum absolute atomic E-state index is 13.0. The van der Waals surface area contributed by atoms with Crippen LogP contribution in [0.5, 0.6) is 5.75 Å². The third kappa shape index (κ3) is 5.57. The van der Waals surface area contributed by atoms with Crippen LogP contribution in [-0.2, 0) is 17.8 Å². The summed E-state index contributed by atoms with van der Waals surface area (Å²) in [6, 6.07) is 28.7. The highest BCUT2D eigenvalue weighted by atomic mass is 16.5. The lowest BCUT2D eigenvalue weighted by Gasteiger charge is -2.14. The fourth-order valence-corrected chi connectivity index (χ4v) is 3.67. The van der Waals surface area contributed by atoms with Crippen LogP contribution >= 0.6 is 0 Å². The van der Waals surface area contributed by atoms with Gasteiger partial charge in [0.15, 0.2) is 6.61 Å². The van der Waals surface area contributed by atoms with Crippen LogP contribution < -0.4 is 15.4 Å². The predicted molar refractivity (Wildman–Crippen MR) is 132 cm³/mol. The van der Waals surface area contributed by atoms with E-state index in [1.165, 1.54) is 0 Å². The highest BCUT2D eigenvalue weighted by Gasteiger charge is 2.16. The molecule has 4 aromatic rings. The number of rotatable bonds is 8. The number of amides is 2. The Balaban J connectivity index is 1.51. The Morgan fingerprint density at radius 3 is 2.24 bits per heavy atom. The highest BCUT2D eigenvalue weighted by Crippen LogP contribution is 2.26. The van der Waals surface area contributed by atoms with Crippen molar-refractivity contribution in [3.8, 4) is 5.75 Å². The summed E-state index contributed by atoms with van der Waals surface area (Å²) in [5, 5.41) is 7.70. The molecular weight excluding hydrogens is 412 g/mol. The van der Waals surface area contributed by atoms with E-state index in [0.717, 1.165) is 34.0 Å². The molecule has 0 aliphatic heterocycles. The summed E-state index contributed by atoms with van der Waals surface area (Å²) < 4.78 is 5.85. The molecule has 0 saturated heterocycles. The van der Waals surface area contributed by atoms with Gasteiger partial charge in [0.2, 0.25) is 0 Å². The summed E-state index contributed by atoms with van der Waals surface area (Å²) in [5.74, 6) is -0.158. The maximum Gasteiger partial charge on any atom is 0.262 e. The zero-order chi connectivity index (χ0) is 23.0. The Hall–Kier alpha value is -4.12. The summed E-state index contributed by atoms with van der Waals surface area (Å²) in [7, 11) is 0. The topological polar surface area (TPSA) is 67.4 Å². The maximum atomic E-state index is 13.0. The summed E-state index contributed by atoms with van der Waals surface area (Å²) in [4.78, 5) is 25.6. The zero-order valence-electron chi connectivity index (χ0n) is 18.5. The lowest BCUT2D eigenvalue weighted by atomic mass is 10.1. The third-order valence-electron chi connectivity index (χ3n) is 5.42. The molecule has 0 spiro atoms. The molecule has 0 aliphatic rings. The molecule has 2 amide bonds. The molecule has 0 unspecified atom stereocenters. The van der Waals surface area contributed by atoms with Gasteiger partial charge in [-0.1, -0.05) is 79.7 Å². The van der Waals surface area contributed by atoms with Gasteiger partial charge in [-0.05, 0) is 46.5 Å². The summed E-state index contributed by atoms with van der Waals surface area (Å²) >= 11 is 0. The van der Waals surface area contributed by atoms with Crippen molar-refractivity contribution in [3.63, 3.8) is 0 Å². The van der Waals surface area contributed by atoms with Gasteiger partial charge in [-0.2, -0.15) is 0 Å². The van der Waals surface area contributed by atoms with E-state index in [0.29, 0.717) is 17.9 Å². The molecule has 0 radical (unpaired) electrons. The van der Waals surface area contributed by atoms with Gasteiger partial charge in [0.05, 0.1) is 5.56 Å². The molecule has 5 nitrogen and oxygen atoms in total. The number of benzene rings is 4. The van der Waals surface area contributed by atoms with E-state index in [1.807, 2.05) is 85.8 Å². The Labute approximate surface area is 193 Å². The Morgan fingerprint density at radius 1 is 0.818 bits per heavy atom. The van der Waals surface area contributed by atoms with Crippen molar-refractivity contribution in [2.75, 3.05) is 11.9 Å². The summed E-state index contributed by atoms with van der Waals surface area (Å²) in [5.41, 5.74) is 3.22. The molecule has 4 rings (SSSR count). The highest BCUT2D eigenvalue weighted by molar-refractivity contribution is 6.02. The summed E-state index contributed by atoms with van der Waals surface area (Å²) in [6.45, 7) is 2.24. The van der Waals surface area contributed by atoms with Gasteiger partial charge in [-0.3, -0.25) is 9.59 Å². The first-order valence-electron chi connectivity index (χ1n) is 11.0. The minimum absolute atomic E-state index is 0.199. The third-order valence-corrected chi connectivity index (χ3v) is 5.42. The van der Waals surface area contributed by atoms with Crippen LogP contribution in [-0.4, -0.2) is 18.4 Å². The number of anilines is 1. The van der Waals surface area contributed by atoms with Crippen molar-refractivity contribution >= 4 is 28.3 Å². The van der Waals surface area contributed by atoms with Crippen molar-refractivity contribution in [2.45, 2.75) is 19.9 Å². The fourth-order valence-electron chi connectivity index (χ4n) is 3.67. The Morgan fingerprint density at radius 2 is 1.48 bits per heavy atom. The van der Waals surface area contributed by atoms with E-state index >= 15 is 0 Å². The monoisotopic (exact) mass is 438 g/mol. The SMILES string of the molecule is CCc1ccccc1NC(=O)COc1cc2ccccc2cc1C(=O)NCc1ccccc1. The number of ether oxygens (including phenoxy) is 1. The Bertz CT molecular complexity index is 1270. The first kappa shape index (κ1) is 22.1. The van der Waals surface area contributed by atoms with E-state index in [1.54, 1.807) is 12.1 Å². The molecule has 0 aliphatic carbocycles. The van der Waals surface area contributed by atoms with Gasteiger partial charge in [0, 0.05) is 12.2 Å². The molecule has 33 heavy (non-hydrogen) atoms. The van der Waals surface area contributed by atoms with Crippen LogP contribution in [0, 0.1) is 0 Å². The second-order valence-electron chi connectivity index (χ2n) is 7.71. The fraction of sp³-hybridized carbons (Fsp3) is 0.143. The molecule has 0 heterocycles. The number of nitrogens with one attached hydrogen (secondary N) is 2. The van der Waals surface area contributed by atoms with Crippen LogP contribution in [0.3, 0.4) is 0 Å². The average Bonchev–Trinajstić information content (AvgIpc) is 2.86. The number of fused-ring (bicyclic) bond motifs is 1. The van der Waals surface area contributed by atoms with Crippen molar-refractivity contribution in [3.05, 3.63) is 108 Å². The largest absolute Gasteiger partial charge is 0.483 e. The van der Waals surface area contributed by atoms with Gasteiger partial charge in [-0.15, -0.1) is 0 Å². The predicted octanol–water partition coefficient (Wildman–Crippen LogP) is 5.35. The van der Waals surface area contributed by atoms with E-state index in [4.69, 9.17) is 4.74 Å². The molecule has 0 saturated carbocycles. The van der Waals surface area contributed by atoms with Crippen LogP contribution in [0.1, 0.15) is 28.4 Å². The second kappa shape index (κ2) is 10.5. The van der Waals surface area contributed by atoms with Crippen molar-refractivity contribution < 1.29 is 14.3 Å². The Kier molecular flexibility index (Phi) is 7.00. The molecule has 4 aromatic carbocycles. The van der Waals surface area contributed by atoms with Crippen LogP contribution in [0.4, 0.5) is 5.69 Å². The zero-order valence-corrected chi connectivity index (χ0v) is 18.5. The molecule has 0 aromatic heterocycles. The first-order chi connectivity index (χ1) is 16.1. The van der Waals surface area contributed by atoms with Gasteiger partial charge in [0.1, 0.15) is 5.75 Å². The van der Waals surface area contributed by atoms with Crippen LogP contribution in [0.15, 0.2) is 91.0 Å². The average molecular weight is 439 g/mol. The van der Waals surface area contributed by atoms with E-state index in [2.05, 4.69) is 10.6 Å². The number of para-hydroxylation sites is 1. The van der Waals surface area contributed by atoms with Crippen molar-refractivity contribution in [1.82, 2.24) is 5.32 Å². The molecule has 5 heteroatoms. The van der Waals surface area contributed by atoms with E-state index in [9.17, 15) is 9.59 Å². The second-order valence-corrected chi connectivity index (χ2v) is 7.71. The quantitative estimate of drug-likeness (QED) is 0.390.